The maximum absolute atomic E-state index is 13.6. The van der Waals surface area contributed by atoms with Crippen molar-refractivity contribution in [2.24, 2.45) is 29.6 Å². The summed E-state index contributed by atoms with van der Waals surface area (Å²) in [6, 6.07) is 10.4. The van der Waals surface area contributed by atoms with E-state index in [2.05, 4.69) is 16.4 Å². The van der Waals surface area contributed by atoms with E-state index in [-0.39, 0.29) is 47.8 Å². The van der Waals surface area contributed by atoms with Crippen LogP contribution in [0.15, 0.2) is 48.7 Å². The number of rotatable bonds is 5. The summed E-state index contributed by atoms with van der Waals surface area (Å²) in [6.07, 6.45) is 9.07. The van der Waals surface area contributed by atoms with Gasteiger partial charge in [0.05, 0.1) is 18.2 Å². The van der Waals surface area contributed by atoms with Gasteiger partial charge in [0.2, 0.25) is 0 Å². The van der Waals surface area contributed by atoms with Crippen LogP contribution in [0.1, 0.15) is 45.2 Å². The first-order valence-corrected chi connectivity index (χ1v) is 13.0. The topological polar surface area (TPSA) is 77.5 Å². The third-order valence-corrected chi connectivity index (χ3v) is 8.18. The van der Waals surface area contributed by atoms with E-state index in [0.717, 1.165) is 42.5 Å². The van der Waals surface area contributed by atoms with Crippen LogP contribution < -0.4 is 5.32 Å². The quantitative estimate of drug-likeness (QED) is 0.548. The third-order valence-electron chi connectivity index (χ3n) is 8.18. The molecule has 3 fully saturated rings. The Bertz CT molecular complexity index is 1130. The Morgan fingerprint density at radius 1 is 1.22 bits per heavy atom. The highest BCUT2D eigenvalue weighted by molar-refractivity contribution is 5.75. The summed E-state index contributed by atoms with van der Waals surface area (Å²) in [6.45, 7) is 4.15. The second kappa shape index (κ2) is 10.4. The van der Waals surface area contributed by atoms with Crippen LogP contribution in [0.2, 0.25) is 0 Å². The largest absolute Gasteiger partial charge is 0.462 e. The molecule has 0 spiro atoms. The van der Waals surface area contributed by atoms with Crippen LogP contribution in [0.25, 0.3) is 17.2 Å². The molecule has 0 unspecified atom stereocenters. The average molecular weight is 493 g/mol. The smallest absolute Gasteiger partial charge is 0.407 e. The summed E-state index contributed by atoms with van der Waals surface area (Å²) in [5.74, 6) is 0.629. The molecule has 2 aromatic rings. The lowest BCUT2D eigenvalue weighted by Crippen LogP contribution is -2.48. The molecule has 6 nitrogen and oxygen atoms in total. The number of benzene rings is 1. The van der Waals surface area contributed by atoms with E-state index in [4.69, 9.17) is 9.47 Å². The summed E-state index contributed by atoms with van der Waals surface area (Å²) in [5.41, 5.74) is 2.48. The zero-order chi connectivity index (χ0) is 25.2. The SMILES string of the molecule is CCOC(=O)N[C@H]1CC[C@H]2[C@H](C1)C[C@H]1C(=O)O[C@@H](C)[C@H]1[C@H]2/C=C/c1ccc(-c2cccc(F)c2)cn1. The van der Waals surface area contributed by atoms with E-state index < -0.39 is 0 Å². The van der Waals surface area contributed by atoms with Crippen LogP contribution in [0.3, 0.4) is 0 Å². The Labute approximate surface area is 211 Å². The number of carbonyl (C=O) groups excluding carboxylic acids is 2. The number of nitrogens with one attached hydrogen (secondary N) is 1. The monoisotopic (exact) mass is 492 g/mol. The van der Waals surface area contributed by atoms with E-state index in [0.29, 0.717) is 18.4 Å². The van der Waals surface area contributed by atoms with Gasteiger partial charge in [-0.15, -0.1) is 0 Å². The Morgan fingerprint density at radius 3 is 2.83 bits per heavy atom. The van der Waals surface area contributed by atoms with Crippen LogP contribution in [-0.2, 0) is 14.3 Å². The molecule has 1 amide bonds. The van der Waals surface area contributed by atoms with Gasteiger partial charge in [0.25, 0.3) is 0 Å². The maximum Gasteiger partial charge on any atom is 0.407 e. The molecule has 0 radical (unpaired) electrons. The number of halogens is 1. The second-order valence-electron chi connectivity index (χ2n) is 10.3. The Kier molecular flexibility index (Phi) is 7.08. The van der Waals surface area contributed by atoms with Crippen molar-refractivity contribution in [1.29, 1.82) is 0 Å². The number of esters is 1. The summed E-state index contributed by atoms with van der Waals surface area (Å²) < 4.78 is 24.3. The number of alkyl carbamates (subject to hydrolysis) is 1. The highest BCUT2D eigenvalue weighted by Crippen LogP contribution is 2.53. The fourth-order valence-corrected chi connectivity index (χ4v) is 6.64. The number of allylic oxidation sites excluding steroid dienone is 1. The molecule has 1 aliphatic heterocycles. The fraction of sp³-hybridized carbons (Fsp3) is 0.483. The number of nitrogens with zero attached hydrogens (tertiary/aromatic N) is 1. The summed E-state index contributed by atoms with van der Waals surface area (Å²) >= 11 is 0. The third kappa shape index (κ3) is 5.01. The number of hydrogen-bond acceptors (Lipinski definition) is 5. The molecule has 190 valence electrons. The number of aromatic nitrogens is 1. The number of fused-ring (bicyclic) bond motifs is 2. The molecule has 2 saturated carbocycles. The van der Waals surface area contributed by atoms with E-state index in [1.807, 2.05) is 31.2 Å². The van der Waals surface area contributed by atoms with Crippen molar-refractivity contribution >= 4 is 18.1 Å². The molecule has 7 atom stereocenters. The van der Waals surface area contributed by atoms with E-state index in [9.17, 15) is 14.0 Å². The minimum Gasteiger partial charge on any atom is -0.462 e. The van der Waals surface area contributed by atoms with Crippen molar-refractivity contribution in [3.05, 3.63) is 60.2 Å². The first-order valence-electron chi connectivity index (χ1n) is 13.0. The van der Waals surface area contributed by atoms with Crippen molar-refractivity contribution in [3.63, 3.8) is 0 Å². The molecule has 2 aliphatic carbocycles. The molecular formula is C29H33FN2O4. The van der Waals surface area contributed by atoms with Crippen LogP contribution in [0.4, 0.5) is 9.18 Å². The van der Waals surface area contributed by atoms with E-state index >= 15 is 0 Å². The summed E-state index contributed by atoms with van der Waals surface area (Å²) in [7, 11) is 0. The lowest BCUT2D eigenvalue weighted by atomic mass is 9.57. The molecule has 3 aliphatic rings. The van der Waals surface area contributed by atoms with Crippen molar-refractivity contribution in [2.75, 3.05) is 6.61 Å². The molecule has 2 heterocycles. The van der Waals surface area contributed by atoms with Crippen molar-refractivity contribution in [3.8, 4) is 11.1 Å². The minimum atomic E-state index is -0.368. The maximum atomic E-state index is 13.6. The number of hydrogen-bond donors (Lipinski definition) is 1. The minimum absolute atomic E-state index is 0.0679. The van der Waals surface area contributed by atoms with Gasteiger partial charge in [-0.2, -0.15) is 0 Å². The van der Waals surface area contributed by atoms with Crippen molar-refractivity contribution in [2.45, 2.75) is 51.7 Å². The molecule has 0 bridgehead atoms. The molecule has 1 aromatic carbocycles. The van der Waals surface area contributed by atoms with Crippen LogP contribution in [-0.4, -0.2) is 35.8 Å². The number of carbonyl (C=O) groups is 2. The van der Waals surface area contributed by atoms with Gasteiger partial charge in [0, 0.05) is 23.7 Å². The summed E-state index contributed by atoms with van der Waals surface area (Å²) in [5, 5.41) is 3.00. The Balaban J connectivity index is 1.34. The van der Waals surface area contributed by atoms with Gasteiger partial charge < -0.3 is 14.8 Å². The van der Waals surface area contributed by atoms with Gasteiger partial charge in [-0.3, -0.25) is 9.78 Å². The zero-order valence-electron chi connectivity index (χ0n) is 20.7. The molecule has 1 N–H and O–H groups in total. The van der Waals surface area contributed by atoms with E-state index in [1.165, 1.54) is 12.1 Å². The highest BCUT2D eigenvalue weighted by atomic mass is 19.1. The standard InChI is InChI=1S/C29H33FN2O4/c1-3-35-29(34)32-23-10-11-24-20(14-23)15-26-27(17(2)36-28(26)33)25(24)12-9-22-8-7-19(16-31-22)18-5-4-6-21(30)13-18/h4-9,12-13,16-17,20,23-27H,3,10-11,14-15H2,1-2H3,(H,32,34)/b12-9+/t17-,20+,23-,24-,25-,26+,27-/m0/s1. The van der Waals surface area contributed by atoms with Gasteiger partial charge in [-0.25, -0.2) is 9.18 Å². The Morgan fingerprint density at radius 2 is 2.08 bits per heavy atom. The first kappa shape index (κ1) is 24.5. The lowest BCUT2D eigenvalue weighted by molar-refractivity contribution is -0.144. The molecular weight excluding hydrogens is 459 g/mol. The summed E-state index contributed by atoms with van der Waals surface area (Å²) in [4.78, 5) is 29.2. The van der Waals surface area contributed by atoms with Crippen molar-refractivity contribution in [1.82, 2.24) is 10.3 Å². The Hall–Kier alpha value is -3.22. The average Bonchev–Trinajstić information content (AvgIpc) is 3.15. The second-order valence-corrected chi connectivity index (χ2v) is 10.3. The zero-order valence-corrected chi connectivity index (χ0v) is 20.7. The van der Waals surface area contributed by atoms with Crippen LogP contribution in [0.5, 0.6) is 0 Å². The fourth-order valence-electron chi connectivity index (χ4n) is 6.64. The molecule has 7 heteroatoms. The normalized spacial score (nSPS) is 31.4. The highest BCUT2D eigenvalue weighted by Gasteiger charge is 2.54. The van der Waals surface area contributed by atoms with Crippen LogP contribution in [0, 0.1) is 35.4 Å². The predicted molar refractivity (Wildman–Crippen MR) is 134 cm³/mol. The molecule has 5 rings (SSSR count). The van der Waals surface area contributed by atoms with Crippen molar-refractivity contribution < 1.29 is 23.5 Å². The molecule has 1 saturated heterocycles. The van der Waals surface area contributed by atoms with Gasteiger partial charge in [-0.1, -0.05) is 24.3 Å². The van der Waals surface area contributed by atoms with E-state index in [1.54, 1.807) is 19.2 Å². The molecule has 1 aromatic heterocycles. The van der Waals surface area contributed by atoms with Gasteiger partial charge >= 0.3 is 12.1 Å². The molecule has 36 heavy (non-hydrogen) atoms. The number of amides is 1. The predicted octanol–water partition coefficient (Wildman–Crippen LogP) is 5.63. The van der Waals surface area contributed by atoms with Gasteiger partial charge in [0.15, 0.2) is 0 Å². The number of pyridine rings is 1. The van der Waals surface area contributed by atoms with Crippen LogP contribution >= 0.6 is 0 Å². The van der Waals surface area contributed by atoms with Gasteiger partial charge in [0.1, 0.15) is 11.9 Å². The first-order chi connectivity index (χ1) is 17.4. The van der Waals surface area contributed by atoms with Gasteiger partial charge in [-0.05, 0) is 87.1 Å². The number of ether oxygens (including phenoxy) is 2. The number of cyclic esters (lactones) is 1. The lowest BCUT2D eigenvalue weighted by Gasteiger charge is -2.47.